The zero-order valence-electron chi connectivity index (χ0n) is 13.1. The molecular formula is C17H24N2OS. The number of benzene rings is 1. The van der Waals surface area contributed by atoms with Crippen LogP contribution in [0, 0.1) is 6.92 Å². The first-order chi connectivity index (χ1) is 10.2. The van der Waals surface area contributed by atoms with Crippen molar-refractivity contribution < 1.29 is 4.74 Å². The number of hydrogen-bond acceptors (Lipinski definition) is 4. The number of ether oxygens (including phenoxy) is 1. The summed E-state index contributed by atoms with van der Waals surface area (Å²) in [6, 6.07) is 8.68. The van der Waals surface area contributed by atoms with E-state index in [1.54, 1.807) is 11.3 Å². The van der Waals surface area contributed by atoms with E-state index in [1.807, 2.05) is 13.0 Å². The van der Waals surface area contributed by atoms with Crippen LogP contribution in [0.3, 0.4) is 0 Å². The summed E-state index contributed by atoms with van der Waals surface area (Å²) < 4.78 is 5.74. The van der Waals surface area contributed by atoms with Crippen LogP contribution in [0.2, 0.25) is 0 Å². The second-order valence-electron chi connectivity index (χ2n) is 5.12. The highest BCUT2D eigenvalue weighted by Gasteiger charge is 2.14. The van der Waals surface area contributed by atoms with Crippen LogP contribution in [0.1, 0.15) is 42.6 Å². The largest absolute Gasteiger partial charge is 0.494 e. The smallest absolute Gasteiger partial charge is 0.119 e. The molecule has 0 spiro atoms. The van der Waals surface area contributed by atoms with Gasteiger partial charge < -0.3 is 10.1 Å². The van der Waals surface area contributed by atoms with Crippen LogP contribution in [0.5, 0.6) is 5.75 Å². The number of thiazole rings is 1. The number of aryl methyl sites for hydroxylation is 1. The predicted octanol–water partition coefficient (Wildman–Crippen LogP) is 4.13. The molecule has 3 nitrogen and oxygen atoms in total. The molecule has 2 rings (SSSR count). The number of likely N-dealkylation sites (N-methyl/N-ethyl adjacent to an activating group) is 1. The van der Waals surface area contributed by atoms with E-state index in [9.17, 15) is 0 Å². The van der Waals surface area contributed by atoms with Gasteiger partial charge in [-0.15, -0.1) is 11.3 Å². The van der Waals surface area contributed by atoms with Crippen molar-refractivity contribution in [1.29, 1.82) is 0 Å². The van der Waals surface area contributed by atoms with E-state index in [0.717, 1.165) is 37.4 Å². The van der Waals surface area contributed by atoms with Crippen LogP contribution < -0.4 is 10.1 Å². The van der Waals surface area contributed by atoms with Gasteiger partial charge in [0.25, 0.3) is 0 Å². The number of rotatable bonds is 8. The number of hydrogen-bond donors (Lipinski definition) is 1. The van der Waals surface area contributed by atoms with Gasteiger partial charge in [0.2, 0.25) is 0 Å². The molecule has 1 aromatic carbocycles. The molecule has 0 aliphatic rings. The fourth-order valence-electron chi connectivity index (χ4n) is 2.27. The van der Waals surface area contributed by atoms with Gasteiger partial charge in [0.1, 0.15) is 5.75 Å². The van der Waals surface area contributed by atoms with Crippen LogP contribution in [0.15, 0.2) is 29.6 Å². The van der Waals surface area contributed by atoms with Crippen LogP contribution in [-0.2, 0) is 6.42 Å². The highest BCUT2D eigenvalue weighted by atomic mass is 32.1. The van der Waals surface area contributed by atoms with E-state index < -0.39 is 0 Å². The van der Waals surface area contributed by atoms with Crippen LogP contribution in [-0.4, -0.2) is 18.1 Å². The first kappa shape index (κ1) is 16.0. The fraction of sp³-hybridized carbons (Fsp3) is 0.471. The average molecular weight is 304 g/mol. The van der Waals surface area contributed by atoms with E-state index in [2.05, 4.69) is 47.7 Å². The molecule has 2 aromatic rings. The van der Waals surface area contributed by atoms with Gasteiger partial charge >= 0.3 is 0 Å². The number of aromatic nitrogens is 1. The van der Waals surface area contributed by atoms with Gasteiger partial charge in [-0.2, -0.15) is 0 Å². The summed E-state index contributed by atoms with van der Waals surface area (Å²) in [6.07, 6.45) is 1.95. The zero-order valence-corrected chi connectivity index (χ0v) is 13.9. The molecule has 0 aliphatic heterocycles. The Kier molecular flexibility index (Phi) is 6.21. The summed E-state index contributed by atoms with van der Waals surface area (Å²) in [6.45, 7) is 8.01. The van der Waals surface area contributed by atoms with Gasteiger partial charge in [-0.1, -0.05) is 26.0 Å². The molecule has 114 valence electrons. The van der Waals surface area contributed by atoms with Gasteiger partial charge in [0.15, 0.2) is 0 Å². The molecule has 1 aromatic heterocycles. The summed E-state index contributed by atoms with van der Waals surface area (Å²) in [4.78, 5) is 4.58. The molecule has 21 heavy (non-hydrogen) atoms. The zero-order chi connectivity index (χ0) is 15.1. The predicted molar refractivity (Wildman–Crippen MR) is 89.2 cm³/mol. The number of nitrogens with one attached hydrogen (secondary N) is 1. The maximum absolute atomic E-state index is 5.74. The highest BCUT2D eigenvalue weighted by Crippen LogP contribution is 2.24. The third-order valence-electron chi connectivity index (χ3n) is 3.23. The van der Waals surface area contributed by atoms with Crippen molar-refractivity contribution in [2.75, 3.05) is 13.2 Å². The molecule has 0 radical (unpaired) electrons. The van der Waals surface area contributed by atoms with Crippen molar-refractivity contribution >= 4 is 11.3 Å². The molecule has 4 heteroatoms. The third-order valence-corrected chi connectivity index (χ3v) is 4.22. The summed E-state index contributed by atoms with van der Waals surface area (Å²) in [7, 11) is 0. The maximum Gasteiger partial charge on any atom is 0.119 e. The first-order valence-electron chi connectivity index (χ1n) is 7.60. The Morgan fingerprint density at radius 2 is 2.19 bits per heavy atom. The molecule has 1 N–H and O–H groups in total. The molecule has 0 amide bonds. The van der Waals surface area contributed by atoms with Crippen molar-refractivity contribution in [3.8, 4) is 5.75 Å². The van der Waals surface area contributed by atoms with E-state index in [1.165, 1.54) is 10.6 Å². The van der Waals surface area contributed by atoms with E-state index in [0.29, 0.717) is 0 Å². The second kappa shape index (κ2) is 8.15. The lowest BCUT2D eigenvalue weighted by molar-refractivity contribution is 0.316. The van der Waals surface area contributed by atoms with Gasteiger partial charge in [-0.25, -0.2) is 4.98 Å². The third kappa shape index (κ3) is 4.83. The van der Waals surface area contributed by atoms with Gasteiger partial charge in [0.05, 0.1) is 11.6 Å². The van der Waals surface area contributed by atoms with Gasteiger partial charge in [0, 0.05) is 23.5 Å². The maximum atomic E-state index is 5.74. The Labute approximate surface area is 131 Å². The summed E-state index contributed by atoms with van der Waals surface area (Å²) in [5, 5.41) is 6.84. The van der Waals surface area contributed by atoms with Crippen LogP contribution in [0.4, 0.5) is 0 Å². The molecule has 0 saturated carbocycles. The van der Waals surface area contributed by atoms with Crippen molar-refractivity contribution in [2.24, 2.45) is 0 Å². The van der Waals surface area contributed by atoms with Gasteiger partial charge in [-0.3, -0.25) is 0 Å². The lowest BCUT2D eigenvalue weighted by Crippen LogP contribution is -2.23. The molecule has 0 aliphatic carbocycles. The lowest BCUT2D eigenvalue weighted by atomic mass is 10.0. The summed E-state index contributed by atoms with van der Waals surface area (Å²) in [5.41, 5.74) is 2.36. The fourth-order valence-corrected chi connectivity index (χ4v) is 3.09. The SMILES string of the molecule is CCCOc1cccc(C(Cc2nc(C)cs2)NCC)c1. The Morgan fingerprint density at radius 1 is 1.33 bits per heavy atom. The number of nitrogens with zero attached hydrogens (tertiary/aromatic N) is 1. The minimum absolute atomic E-state index is 0.283. The standard InChI is InChI=1S/C17H24N2OS/c1-4-9-20-15-8-6-7-14(10-15)16(18-5-2)11-17-19-13(3)12-21-17/h6-8,10,12,16,18H,4-5,9,11H2,1-3H3. The monoisotopic (exact) mass is 304 g/mol. The van der Waals surface area contributed by atoms with Crippen molar-refractivity contribution in [3.05, 3.63) is 45.9 Å². The van der Waals surface area contributed by atoms with E-state index >= 15 is 0 Å². The van der Waals surface area contributed by atoms with Crippen molar-refractivity contribution in [2.45, 2.75) is 39.7 Å². The highest BCUT2D eigenvalue weighted by molar-refractivity contribution is 7.09. The van der Waals surface area contributed by atoms with Crippen LogP contribution in [0.25, 0.3) is 0 Å². The minimum Gasteiger partial charge on any atom is -0.494 e. The van der Waals surface area contributed by atoms with E-state index in [-0.39, 0.29) is 6.04 Å². The molecule has 0 saturated heterocycles. The minimum atomic E-state index is 0.283. The Morgan fingerprint density at radius 3 is 2.86 bits per heavy atom. The molecule has 1 atom stereocenters. The summed E-state index contributed by atoms with van der Waals surface area (Å²) >= 11 is 1.73. The lowest BCUT2D eigenvalue weighted by Gasteiger charge is -2.18. The first-order valence-corrected chi connectivity index (χ1v) is 8.48. The van der Waals surface area contributed by atoms with E-state index in [4.69, 9.17) is 4.74 Å². The second-order valence-corrected chi connectivity index (χ2v) is 6.06. The Balaban J connectivity index is 2.13. The molecular weight excluding hydrogens is 280 g/mol. The molecule has 1 unspecified atom stereocenters. The molecule has 0 fully saturated rings. The normalized spacial score (nSPS) is 12.3. The van der Waals surface area contributed by atoms with Crippen molar-refractivity contribution in [3.63, 3.8) is 0 Å². The Hall–Kier alpha value is -1.39. The molecule has 0 bridgehead atoms. The Bertz CT molecular complexity index is 553. The van der Waals surface area contributed by atoms with Gasteiger partial charge in [-0.05, 0) is 37.6 Å². The average Bonchev–Trinajstić information content (AvgIpc) is 2.90. The molecule has 1 heterocycles. The van der Waals surface area contributed by atoms with Crippen molar-refractivity contribution in [1.82, 2.24) is 10.3 Å². The quantitative estimate of drug-likeness (QED) is 0.796. The summed E-state index contributed by atoms with van der Waals surface area (Å²) in [5.74, 6) is 0.951. The topological polar surface area (TPSA) is 34.1 Å². The van der Waals surface area contributed by atoms with Crippen LogP contribution >= 0.6 is 11.3 Å².